The average molecular weight is 346 g/mol. The van der Waals surface area contributed by atoms with Gasteiger partial charge >= 0.3 is 0 Å². The summed E-state index contributed by atoms with van der Waals surface area (Å²) in [5.41, 5.74) is 6.35. The van der Waals surface area contributed by atoms with Crippen LogP contribution in [0.2, 0.25) is 0 Å². The minimum atomic E-state index is -0.749. The van der Waals surface area contributed by atoms with Crippen LogP contribution < -0.4 is 5.73 Å². The molecule has 0 aliphatic heterocycles. The third-order valence-electron chi connectivity index (χ3n) is 3.05. The maximum atomic E-state index is 13.1. The first-order valence-electron chi connectivity index (χ1n) is 6.61. The van der Waals surface area contributed by atoms with E-state index < -0.39 is 23.8 Å². The Labute approximate surface area is 139 Å². The van der Waals surface area contributed by atoms with Gasteiger partial charge in [-0.3, -0.25) is 0 Å². The van der Waals surface area contributed by atoms with E-state index >= 15 is 0 Å². The fraction of sp³-hybridized carbons (Fsp3) is 0.250. The Hall–Kier alpha value is -1.14. The van der Waals surface area contributed by atoms with Crippen LogP contribution in [0.1, 0.15) is 5.56 Å². The van der Waals surface area contributed by atoms with Gasteiger partial charge in [-0.1, -0.05) is 18.2 Å². The first kappa shape index (κ1) is 18.9. The number of benzene rings is 2. The molecule has 0 amide bonds. The van der Waals surface area contributed by atoms with Gasteiger partial charge in [-0.2, -0.15) is 0 Å². The van der Waals surface area contributed by atoms with E-state index in [0.717, 1.165) is 11.0 Å². The molecule has 0 bridgehead atoms. The molecule has 2 aromatic carbocycles. The van der Waals surface area contributed by atoms with E-state index in [9.17, 15) is 13.9 Å². The Morgan fingerprint density at radius 2 is 1.64 bits per heavy atom. The van der Waals surface area contributed by atoms with Crippen LogP contribution in [0.4, 0.5) is 8.78 Å². The van der Waals surface area contributed by atoms with Crippen molar-refractivity contribution in [1.82, 2.24) is 0 Å². The van der Waals surface area contributed by atoms with E-state index in [0.29, 0.717) is 11.3 Å². The number of aliphatic hydroxyl groups is 1. The molecule has 2 rings (SSSR count). The van der Waals surface area contributed by atoms with E-state index in [-0.39, 0.29) is 18.8 Å². The summed E-state index contributed by atoms with van der Waals surface area (Å²) in [5, 5.41) is 10.0. The van der Waals surface area contributed by atoms with Gasteiger partial charge in [0.1, 0.15) is 11.6 Å². The summed E-state index contributed by atoms with van der Waals surface area (Å²) in [6.45, 7) is 0. The summed E-state index contributed by atoms with van der Waals surface area (Å²) in [5.74, 6) is -0.834. The monoisotopic (exact) mass is 345 g/mol. The zero-order valence-corrected chi connectivity index (χ0v) is 13.4. The van der Waals surface area contributed by atoms with Crippen molar-refractivity contribution in [2.75, 3.05) is 5.75 Å². The van der Waals surface area contributed by atoms with Crippen LogP contribution >= 0.6 is 24.2 Å². The topological polar surface area (TPSA) is 46.2 Å². The first-order chi connectivity index (χ1) is 10.0. The first-order valence-corrected chi connectivity index (χ1v) is 7.59. The van der Waals surface area contributed by atoms with Crippen molar-refractivity contribution < 1.29 is 13.9 Å². The number of thioether (sulfide) groups is 1. The quantitative estimate of drug-likeness (QED) is 0.789. The molecule has 0 unspecified atom stereocenters. The molecule has 0 saturated heterocycles. The predicted octanol–water partition coefficient (Wildman–Crippen LogP) is 3.41. The molecule has 3 N–H and O–H groups in total. The Bertz CT molecular complexity index is 565. The number of rotatable bonds is 6. The molecule has 0 fully saturated rings. The number of aliphatic hydroxyl groups excluding tert-OH is 1. The van der Waals surface area contributed by atoms with Gasteiger partial charge in [-0.15, -0.1) is 24.2 Å². The molecular weight excluding hydrogens is 328 g/mol. The lowest BCUT2D eigenvalue weighted by Gasteiger charge is -2.18. The van der Waals surface area contributed by atoms with Crippen LogP contribution in [-0.2, 0) is 6.42 Å². The molecule has 0 spiro atoms. The molecule has 0 heterocycles. The highest BCUT2D eigenvalue weighted by Crippen LogP contribution is 2.19. The summed E-state index contributed by atoms with van der Waals surface area (Å²) in [4.78, 5) is 1.04. The summed E-state index contributed by atoms with van der Waals surface area (Å²) < 4.78 is 26.2. The fourth-order valence-electron chi connectivity index (χ4n) is 1.96. The maximum absolute atomic E-state index is 13.1. The SMILES string of the molecule is Cl.N[C@@H](Cc1cc(F)cc(F)c1)[C@H](O)CSc1ccccc1. The van der Waals surface area contributed by atoms with Gasteiger partial charge in [0.15, 0.2) is 0 Å². The van der Waals surface area contributed by atoms with Gasteiger partial charge < -0.3 is 10.8 Å². The van der Waals surface area contributed by atoms with Crippen LogP contribution in [0, 0.1) is 11.6 Å². The lowest BCUT2D eigenvalue weighted by Crippen LogP contribution is -2.38. The van der Waals surface area contributed by atoms with Gasteiger partial charge in [0.2, 0.25) is 0 Å². The van der Waals surface area contributed by atoms with Gasteiger partial charge in [0.05, 0.1) is 6.10 Å². The molecule has 0 saturated carbocycles. The zero-order chi connectivity index (χ0) is 15.2. The van der Waals surface area contributed by atoms with Crippen LogP contribution in [0.3, 0.4) is 0 Å². The van der Waals surface area contributed by atoms with Crippen molar-refractivity contribution in [1.29, 1.82) is 0 Å². The standard InChI is InChI=1S/C16H17F2NOS.ClH/c17-12-6-11(7-13(18)9-12)8-15(19)16(20)10-21-14-4-2-1-3-5-14;/h1-7,9,15-16,20H,8,10,19H2;1H/t15-,16+;/m0./s1. The largest absolute Gasteiger partial charge is 0.391 e. The van der Waals surface area contributed by atoms with E-state index in [2.05, 4.69) is 0 Å². The normalized spacial score (nSPS) is 13.3. The predicted molar refractivity (Wildman–Crippen MR) is 88.5 cm³/mol. The molecule has 120 valence electrons. The fourth-order valence-corrected chi connectivity index (χ4v) is 2.92. The number of hydrogen-bond acceptors (Lipinski definition) is 3. The highest BCUT2D eigenvalue weighted by Gasteiger charge is 2.16. The lowest BCUT2D eigenvalue weighted by molar-refractivity contribution is 0.167. The second kappa shape index (κ2) is 9.10. The summed E-state index contributed by atoms with van der Waals surface area (Å²) >= 11 is 1.50. The molecule has 0 aliphatic carbocycles. The maximum Gasteiger partial charge on any atom is 0.126 e. The molecule has 2 aromatic rings. The number of nitrogens with two attached hydrogens (primary N) is 1. The highest BCUT2D eigenvalue weighted by molar-refractivity contribution is 7.99. The molecule has 0 aromatic heterocycles. The minimum Gasteiger partial charge on any atom is -0.391 e. The summed E-state index contributed by atoms with van der Waals surface area (Å²) in [7, 11) is 0. The second-order valence-corrected chi connectivity index (χ2v) is 5.93. The molecule has 0 radical (unpaired) electrons. The highest BCUT2D eigenvalue weighted by atomic mass is 35.5. The van der Waals surface area contributed by atoms with Crippen molar-refractivity contribution in [3.8, 4) is 0 Å². The third-order valence-corrected chi connectivity index (χ3v) is 4.17. The molecule has 2 atom stereocenters. The molecule has 2 nitrogen and oxygen atoms in total. The van der Waals surface area contributed by atoms with E-state index in [1.165, 1.54) is 23.9 Å². The van der Waals surface area contributed by atoms with Crippen molar-refractivity contribution >= 4 is 24.2 Å². The smallest absolute Gasteiger partial charge is 0.126 e. The zero-order valence-electron chi connectivity index (χ0n) is 11.8. The average Bonchev–Trinajstić information content (AvgIpc) is 2.44. The Morgan fingerprint density at radius 3 is 2.23 bits per heavy atom. The van der Waals surface area contributed by atoms with Crippen LogP contribution in [-0.4, -0.2) is 23.0 Å². The van der Waals surface area contributed by atoms with Gasteiger partial charge in [0.25, 0.3) is 0 Å². The second-order valence-electron chi connectivity index (χ2n) is 4.84. The summed E-state index contributed by atoms with van der Waals surface area (Å²) in [6.07, 6.45) is -0.521. The Morgan fingerprint density at radius 1 is 1.05 bits per heavy atom. The third kappa shape index (κ3) is 5.93. The van der Waals surface area contributed by atoms with Crippen molar-refractivity contribution in [2.45, 2.75) is 23.5 Å². The van der Waals surface area contributed by atoms with E-state index in [4.69, 9.17) is 5.73 Å². The molecule has 0 aliphatic rings. The Balaban J connectivity index is 0.00000242. The molecular formula is C16H18ClF2NOS. The molecule has 22 heavy (non-hydrogen) atoms. The minimum absolute atomic E-state index is 0. The van der Waals surface area contributed by atoms with Gasteiger partial charge in [-0.05, 0) is 36.2 Å². The lowest BCUT2D eigenvalue weighted by atomic mass is 10.0. The summed E-state index contributed by atoms with van der Waals surface area (Å²) in [6, 6.07) is 12.4. The van der Waals surface area contributed by atoms with Gasteiger partial charge in [-0.25, -0.2) is 8.78 Å². The Kier molecular flexibility index (Phi) is 7.82. The van der Waals surface area contributed by atoms with Crippen molar-refractivity contribution in [2.24, 2.45) is 5.73 Å². The number of halogens is 3. The van der Waals surface area contributed by atoms with Crippen LogP contribution in [0.25, 0.3) is 0 Å². The number of hydrogen-bond donors (Lipinski definition) is 2. The van der Waals surface area contributed by atoms with Crippen molar-refractivity contribution in [3.63, 3.8) is 0 Å². The van der Waals surface area contributed by atoms with Crippen LogP contribution in [0.15, 0.2) is 53.4 Å². The van der Waals surface area contributed by atoms with Crippen LogP contribution in [0.5, 0.6) is 0 Å². The van der Waals surface area contributed by atoms with Crippen molar-refractivity contribution in [3.05, 3.63) is 65.7 Å². The van der Waals surface area contributed by atoms with Gasteiger partial charge in [0, 0.05) is 22.8 Å². The van der Waals surface area contributed by atoms with E-state index in [1.54, 1.807) is 0 Å². The van der Waals surface area contributed by atoms with E-state index in [1.807, 2.05) is 30.3 Å². The molecule has 6 heteroatoms.